The summed E-state index contributed by atoms with van der Waals surface area (Å²) in [5.74, 6) is -0.277. The first-order chi connectivity index (χ1) is 12.2. The standard InChI is InChI=1S/C18H23N5O3/c1-6-11-12(9-19)17(25)23(21-13(11)7-2)10-15(24)20-16-8-14(22-26-16)18(3,4)5/h8H,6-7,10H2,1-5H3,(H,20,24). The number of hydrogen-bond acceptors (Lipinski definition) is 6. The lowest BCUT2D eigenvalue weighted by atomic mass is 9.92. The Morgan fingerprint density at radius 1 is 1.35 bits per heavy atom. The zero-order valence-electron chi connectivity index (χ0n) is 15.7. The smallest absolute Gasteiger partial charge is 0.285 e. The first-order valence-electron chi connectivity index (χ1n) is 8.51. The van der Waals surface area contributed by atoms with Crippen LogP contribution in [0, 0.1) is 11.3 Å². The van der Waals surface area contributed by atoms with Gasteiger partial charge in [0.05, 0.1) is 11.4 Å². The second-order valence-electron chi connectivity index (χ2n) is 6.96. The van der Waals surface area contributed by atoms with Crippen molar-refractivity contribution in [1.29, 1.82) is 5.26 Å². The van der Waals surface area contributed by atoms with E-state index in [1.807, 2.05) is 40.7 Å². The summed E-state index contributed by atoms with van der Waals surface area (Å²) in [4.78, 5) is 24.7. The van der Waals surface area contributed by atoms with Crippen molar-refractivity contribution in [3.8, 4) is 6.07 Å². The molecule has 0 unspecified atom stereocenters. The Hall–Kier alpha value is -2.95. The molecule has 0 bridgehead atoms. The summed E-state index contributed by atoms with van der Waals surface area (Å²) in [5, 5.41) is 20.0. The SMILES string of the molecule is CCc1nn(CC(=O)Nc2cc(C(C)(C)C)no2)c(=O)c(C#N)c1CC. The number of nitriles is 1. The highest BCUT2D eigenvalue weighted by atomic mass is 16.5. The van der Waals surface area contributed by atoms with Crippen LogP contribution < -0.4 is 10.9 Å². The molecule has 2 heterocycles. The third-order valence-corrected chi connectivity index (χ3v) is 3.97. The highest BCUT2D eigenvalue weighted by Crippen LogP contribution is 2.23. The number of aromatic nitrogens is 3. The monoisotopic (exact) mass is 357 g/mol. The van der Waals surface area contributed by atoms with E-state index in [-0.39, 0.29) is 23.4 Å². The third kappa shape index (κ3) is 3.99. The minimum atomic E-state index is -0.565. The molecule has 0 atom stereocenters. The van der Waals surface area contributed by atoms with Crippen molar-refractivity contribution in [1.82, 2.24) is 14.9 Å². The lowest BCUT2D eigenvalue weighted by Gasteiger charge is -2.12. The molecular formula is C18H23N5O3. The van der Waals surface area contributed by atoms with Crippen molar-refractivity contribution in [2.24, 2.45) is 0 Å². The summed E-state index contributed by atoms with van der Waals surface area (Å²) >= 11 is 0. The summed E-state index contributed by atoms with van der Waals surface area (Å²) in [7, 11) is 0. The van der Waals surface area contributed by atoms with Crippen LogP contribution in [0.1, 0.15) is 57.1 Å². The average Bonchev–Trinajstić information content (AvgIpc) is 3.04. The molecule has 1 amide bonds. The third-order valence-electron chi connectivity index (χ3n) is 3.97. The molecule has 0 aliphatic rings. The van der Waals surface area contributed by atoms with Gasteiger partial charge in [0.15, 0.2) is 0 Å². The lowest BCUT2D eigenvalue weighted by molar-refractivity contribution is -0.117. The first-order valence-corrected chi connectivity index (χ1v) is 8.51. The second-order valence-corrected chi connectivity index (χ2v) is 6.96. The molecule has 1 N–H and O–H groups in total. The van der Waals surface area contributed by atoms with Crippen LogP contribution >= 0.6 is 0 Å². The van der Waals surface area contributed by atoms with E-state index in [0.717, 1.165) is 4.68 Å². The molecule has 0 fully saturated rings. The molecule has 8 nitrogen and oxygen atoms in total. The number of rotatable bonds is 5. The van der Waals surface area contributed by atoms with Gasteiger partial charge in [-0.1, -0.05) is 39.8 Å². The van der Waals surface area contributed by atoms with Gasteiger partial charge in [0.2, 0.25) is 11.8 Å². The Bertz CT molecular complexity index is 912. The molecule has 138 valence electrons. The van der Waals surface area contributed by atoms with E-state index in [1.54, 1.807) is 6.07 Å². The molecule has 2 rings (SSSR count). The van der Waals surface area contributed by atoms with E-state index in [4.69, 9.17) is 4.52 Å². The fraction of sp³-hybridized carbons (Fsp3) is 0.500. The summed E-state index contributed by atoms with van der Waals surface area (Å²) in [6, 6.07) is 3.58. The predicted molar refractivity (Wildman–Crippen MR) is 95.8 cm³/mol. The number of anilines is 1. The van der Waals surface area contributed by atoms with Gasteiger partial charge in [0, 0.05) is 11.5 Å². The number of nitrogens with zero attached hydrogens (tertiary/aromatic N) is 4. The quantitative estimate of drug-likeness (QED) is 0.877. The van der Waals surface area contributed by atoms with Gasteiger partial charge in [-0.15, -0.1) is 0 Å². The van der Waals surface area contributed by atoms with E-state index < -0.39 is 11.5 Å². The second kappa shape index (κ2) is 7.52. The summed E-state index contributed by atoms with van der Waals surface area (Å²) in [6.45, 7) is 9.38. The topological polar surface area (TPSA) is 114 Å². The molecule has 0 saturated carbocycles. The molecule has 2 aromatic rings. The van der Waals surface area contributed by atoms with E-state index in [0.29, 0.717) is 29.8 Å². The number of aryl methyl sites for hydroxylation is 1. The average molecular weight is 357 g/mol. The number of nitrogens with one attached hydrogen (secondary N) is 1. The predicted octanol–water partition coefficient (Wildman–Crippen LogP) is 2.16. The van der Waals surface area contributed by atoms with Crippen molar-refractivity contribution in [2.75, 3.05) is 5.32 Å². The van der Waals surface area contributed by atoms with Crippen molar-refractivity contribution in [3.63, 3.8) is 0 Å². The normalized spacial score (nSPS) is 11.2. The summed E-state index contributed by atoms with van der Waals surface area (Å²) in [6.07, 6.45) is 1.10. The van der Waals surface area contributed by atoms with Crippen LogP contribution in [-0.4, -0.2) is 20.8 Å². The highest BCUT2D eigenvalue weighted by Gasteiger charge is 2.21. The van der Waals surface area contributed by atoms with E-state index in [1.165, 1.54) is 0 Å². The van der Waals surface area contributed by atoms with Crippen LogP contribution in [0.15, 0.2) is 15.4 Å². The molecule has 26 heavy (non-hydrogen) atoms. The largest absolute Gasteiger partial charge is 0.338 e. The van der Waals surface area contributed by atoms with Gasteiger partial charge >= 0.3 is 0 Å². The Labute approximate surface area is 151 Å². The molecule has 0 aromatic carbocycles. The maximum Gasteiger partial charge on any atom is 0.285 e. The van der Waals surface area contributed by atoms with Crippen LogP contribution in [-0.2, 0) is 29.6 Å². The van der Waals surface area contributed by atoms with E-state index in [2.05, 4.69) is 15.6 Å². The number of amides is 1. The van der Waals surface area contributed by atoms with Gasteiger partial charge in [0.1, 0.15) is 18.2 Å². The molecule has 0 spiro atoms. The molecule has 0 aliphatic heterocycles. The summed E-state index contributed by atoms with van der Waals surface area (Å²) < 4.78 is 6.13. The fourth-order valence-electron chi connectivity index (χ4n) is 2.54. The molecule has 0 radical (unpaired) electrons. The zero-order chi connectivity index (χ0) is 19.5. The lowest BCUT2D eigenvalue weighted by Crippen LogP contribution is -2.33. The molecule has 2 aromatic heterocycles. The maximum atomic E-state index is 12.4. The number of carbonyl (C=O) groups excluding carboxylic acids is 1. The Balaban J connectivity index is 2.25. The van der Waals surface area contributed by atoms with Crippen LogP contribution in [0.3, 0.4) is 0 Å². The van der Waals surface area contributed by atoms with Crippen molar-refractivity contribution < 1.29 is 9.32 Å². The molecule has 0 saturated heterocycles. The molecular weight excluding hydrogens is 334 g/mol. The van der Waals surface area contributed by atoms with Crippen molar-refractivity contribution in [2.45, 2.75) is 59.4 Å². The van der Waals surface area contributed by atoms with E-state index in [9.17, 15) is 14.9 Å². The Morgan fingerprint density at radius 3 is 2.54 bits per heavy atom. The van der Waals surface area contributed by atoms with Gasteiger partial charge in [-0.2, -0.15) is 10.4 Å². The van der Waals surface area contributed by atoms with Crippen LogP contribution in [0.4, 0.5) is 5.88 Å². The fourth-order valence-corrected chi connectivity index (χ4v) is 2.54. The number of hydrogen-bond donors (Lipinski definition) is 1. The van der Waals surface area contributed by atoms with Gasteiger partial charge in [-0.25, -0.2) is 4.68 Å². The van der Waals surface area contributed by atoms with Gasteiger partial charge in [-0.3, -0.25) is 14.9 Å². The van der Waals surface area contributed by atoms with Crippen LogP contribution in [0.25, 0.3) is 0 Å². The Morgan fingerprint density at radius 2 is 2.04 bits per heavy atom. The highest BCUT2D eigenvalue weighted by molar-refractivity contribution is 5.89. The first kappa shape index (κ1) is 19.4. The van der Waals surface area contributed by atoms with E-state index >= 15 is 0 Å². The van der Waals surface area contributed by atoms with Crippen LogP contribution in [0.5, 0.6) is 0 Å². The minimum Gasteiger partial charge on any atom is -0.338 e. The van der Waals surface area contributed by atoms with Gasteiger partial charge in [-0.05, 0) is 18.4 Å². The molecule has 8 heteroatoms. The molecule has 0 aliphatic carbocycles. The van der Waals surface area contributed by atoms with Gasteiger partial charge < -0.3 is 4.52 Å². The minimum absolute atomic E-state index is 0.0434. The Kier molecular flexibility index (Phi) is 5.60. The van der Waals surface area contributed by atoms with Gasteiger partial charge in [0.25, 0.3) is 5.56 Å². The maximum absolute atomic E-state index is 12.4. The van der Waals surface area contributed by atoms with Crippen molar-refractivity contribution in [3.05, 3.63) is 38.9 Å². The van der Waals surface area contributed by atoms with Crippen LogP contribution in [0.2, 0.25) is 0 Å². The van der Waals surface area contributed by atoms with Crippen molar-refractivity contribution >= 4 is 11.8 Å². The zero-order valence-corrected chi connectivity index (χ0v) is 15.7. The number of carbonyl (C=O) groups is 1. The summed E-state index contributed by atoms with van der Waals surface area (Å²) in [5.41, 5.74) is 1.26.